The van der Waals surface area contributed by atoms with Crippen molar-refractivity contribution in [1.82, 2.24) is 0 Å². The molecule has 0 saturated heterocycles. The molecule has 1 aromatic carbocycles. The van der Waals surface area contributed by atoms with Crippen molar-refractivity contribution in [3.05, 3.63) is 34.3 Å². The van der Waals surface area contributed by atoms with Gasteiger partial charge in [-0.1, -0.05) is 48.3 Å². The number of nitriles is 1. The van der Waals surface area contributed by atoms with Crippen molar-refractivity contribution in [2.75, 3.05) is 0 Å². The quantitative estimate of drug-likeness (QED) is 0.821. The zero-order chi connectivity index (χ0) is 12.8. The summed E-state index contributed by atoms with van der Waals surface area (Å²) in [6, 6.07) is 9.52. The molecule has 0 heterocycles. The van der Waals surface area contributed by atoms with E-state index in [-0.39, 0.29) is 11.7 Å². The lowest BCUT2D eigenvalue weighted by molar-refractivity contribution is -0.122. The number of halogens is 1. The number of benzene rings is 1. The third-order valence-corrected chi connectivity index (χ3v) is 3.30. The maximum absolute atomic E-state index is 12.1. The number of carbonyl (C=O) groups is 1. The van der Waals surface area contributed by atoms with Crippen LogP contribution >= 0.6 is 15.9 Å². The summed E-state index contributed by atoms with van der Waals surface area (Å²) in [6.45, 7) is 3.94. The number of ketones is 1. The summed E-state index contributed by atoms with van der Waals surface area (Å²) in [6.07, 6.45) is 1.80. The Bertz CT molecular complexity index is 436. The van der Waals surface area contributed by atoms with Crippen LogP contribution in [0.4, 0.5) is 0 Å². The molecule has 0 aliphatic rings. The zero-order valence-electron chi connectivity index (χ0n) is 10.1. The van der Waals surface area contributed by atoms with Crippen LogP contribution in [0.1, 0.15) is 38.2 Å². The number of hydrogen-bond acceptors (Lipinski definition) is 2. The second kappa shape index (κ2) is 6.56. The van der Waals surface area contributed by atoms with Gasteiger partial charge in [0, 0.05) is 10.4 Å². The lowest BCUT2D eigenvalue weighted by atomic mass is 9.87. The van der Waals surface area contributed by atoms with Crippen LogP contribution in [0, 0.1) is 17.2 Å². The molecule has 0 aromatic heterocycles. The molecule has 0 radical (unpaired) electrons. The first-order valence-corrected chi connectivity index (χ1v) is 6.58. The van der Waals surface area contributed by atoms with E-state index in [0.717, 1.165) is 22.9 Å². The van der Waals surface area contributed by atoms with Gasteiger partial charge in [-0.05, 0) is 24.1 Å². The first-order valence-electron chi connectivity index (χ1n) is 5.79. The van der Waals surface area contributed by atoms with Gasteiger partial charge in [0.15, 0.2) is 5.78 Å². The molecule has 0 bridgehead atoms. The Kier molecular flexibility index (Phi) is 5.37. The lowest BCUT2D eigenvalue weighted by Crippen LogP contribution is -2.19. The molecule has 2 atom stereocenters. The predicted molar refractivity (Wildman–Crippen MR) is 71.6 cm³/mol. The summed E-state index contributed by atoms with van der Waals surface area (Å²) in [5.41, 5.74) is 0.773. The highest BCUT2D eigenvalue weighted by Gasteiger charge is 2.24. The van der Waals surface area contributed by atoms with E-state index in [1.807, 2.05) is 38.1 Å². The summed E-state index contributed by atoms with van der Waals surface area (Å²) in [5.74, 6) is -0.676. The summed E-state index contributed by atoms with van der Waals surface area (Å²) in [5, 5.41) is 9.17. The van der Waals surface area contributed by atoms with Crippen molar-refractivity contribution in [1.29, 1.82) is 5.26 Å². The van der Waals surface area contributed by atoms with E-state index < -0.39 is 5.92 Å². The molecule has 0 aliphatic heterocycles. The highest BCUT2D eigenvalue weighted by Crippen LogP contribution is 2.24. The third kappa shape index (κ3) is 3.67. The topological polar surface area (TPSA) is 40.9 Å². The van der Waals surface area contributed by atoms with Gasteiger partial charge in [-0.15, -0.1) is 0 Å². The molecule has 90 valence electrons. The minimum atomic E-state index is -0.644. The molecule has 0 saturated carbocycles. The normalized spacial score (nSPS) is 13.8. The Balaban J connectivity index is 2.93. The summed E-state index contributed by atoms with van der Waals surface area (Å²) >= 11 is 3.36. The molecule has 0 spiro atoms. The smallest absolute Gasteiger partial charge is 0.157 e. The Morgan fingerprint density at radius 2 is 2.24 bits per heavy atom. The minimum Gasteiger partial charge on any atom is -0.298 e. The molecule has 0 fully saturated rings. The van der Waals surface area contributed by atoms with Crippen molar-refractivity contribution in [3.8, 4) is 6.07 Å². The van der Waals surface area contributed by atoms with Crippen LogP contribution in [0.5, 0.6) is 0 Å². The largest absolute Gasteiger partial charge is 0.298 e. The molecular formula is C14H16BrNO. The third-order valence-electron chi connectivity index (χ3n) is 2.80. The Labute approximate surface area is 111 Å². The molecule has 1 rings (SSSR count). The van der Waals surface area contributed by atoms with Crippen molar-refractivity contribution < 1.29 is 4.79 Å². The highest BCUT2D eigenvalue weighted by atomic mass is 79.9. The van der Waals surface area contributed by atoms with Crippen molar-refractivity contribution in [2.24, 2.45) is 5.92 Å². The number of carbonyl (C=O) groups excluding carboxylic acids is 1. The highest BCUT2D eigenvalue weighted by molar-refractivity contribution is 9.10. The Morgan fingerprint density at radius 1 is 1.53 bits per heavy atom. The van der Waals surface area contributed by atoms with E-state index in [9.17, 15) is 10.1 Å². The van der Waals surface area contributed by atoms with E-state index in [1.165, 1.54) is 0 Å². The molecule has 2 unspecified atom stereocenters. The lowest BCUT2D eigenvalue weighted by Gasteiger charge is -2.14. The summed E-state index contributed by atoms with van der Waals surface area (Å²) < 4.78 is 0.895. The fourth-order valence-electron chi connectivity index (χ4n) is 1.85. The van der Waals surface area contributed by atoms with Crippen LogP contribution in [-0.4, -0.2) is 5.78 Å². The van der Waals surface area contributed by atoms with Crippen LogP contribution in [0.2, 0.25) is 0 Å². The SMILES string of the molecule is CCCC(C)C(=O)C(C#N)c1cccc(Br)c1. The standard InChI is InChI=1S/C14H16BrNO/c1-3-5-10(2)14(17)13(9-16)11-6-4-7-12(15)8-11/h4,6-8,10,13H,3,5H2,1-2H3. The maximum Gasteiger partial charge on any atom is 0.157 e. The van der Waals surface area contributed by atoms with Gasteiger partial charge in [-0.2, -0.15) is 5.26 Å². The fourth-order valence-corrected chi connectivity index (χ4v) is 2.27. The van der Waals surface area contributed by atoms with Gasteiger partial charge >= 0.3 is 0 Å². The van der Waals surface area contributed by atoms with Crippen molar-refractivity contribution >= 4 is 21.7 Å². The molecule has 2 nitrogen and oxygen atoms in total. The van der Waals surface area contributed by atoms with Gasteiger partial charge in [-0.3, -0.25) is 4.79 Å². The second-order valence-corrected chi connectivity index (χ2v) is 5.12. The maximum atomic E-state index is 12.1. The molecule has 0 aliphatic carbocycles. The molecule has 3 heteroatoms. The van der Waals surface area contributed by atoms with E-state index in [1.54, 1.807) is 0 Å². The molecule has 0 N–H and O–H groups in total. The molecular weight excluding hydrogens is 278 g/mol. The van der Waals surface area contributed by atoms with E-state index in [2.05, 4.69) is 22.0 Å². The van der Waals surface area contributed by atoms with Crippen LogP contribution in [0.25, 0.3) is 0 Å². The van der Waals surface area contributed by atoms with Crippen LogP contribution in [0.15, 0.2) is 28.7 Å². The van der Waals surface area contributed by atoms with Gasteiger partial charge in [0.2, 0.25) is 0 Å². The summed E-state index contributed by atoms with van der Waals surface area (Å²) in [7, 11) is 0. The number of nitrogens with zero attached hydrogens (tertiary/aromatic N) is 1. The van der Waals surface area contributed by atoms with E-state index in [4.69, 9.17) is 0 Å². The Hall–Kier alpha value is -1.14. The average molecular weight is 294 g/mol. The molecule has 1 aromatic rings. The number of rotatable bonds is 5. The predicted octanol–water partition coefficient (Wildman–Crippen LogP) is 4.06. The van der Waals surface area contributed by atoms with E-state index in [0.29, 0.717) is 0 Å². The Morgan fingerprint density at radius 3 is 2.76 bits per heavy atom. The molecule has 17 heavy (non-hydrogen) atoms. The van der Waals surface area contributed by atoms with E-state index >= 15 is 0 Å². The van der Waals surface area contributed by atoms with Crippen LogP contribution in [-0.2, 0) is 4.79 Å². The van der Waals surface area contributed by atoms with Gasteiger partial charge < -0.3 is 0 Å². The minimum absolute atomic E-state index is 0.0208. The first kappa shape index (κ1) is 13.9. The monoisotopic (exact) mass is 293 g/mol. The fraction of sp³-hybridized carbons (Fsp3) is 0.429. The van der Waals surface area contributed by atoms with Crippen LogP contribution in [0.3, 0.4) is 0 Å². The van der Waals surface area contributed by atoms with Gasteiger partial charge in [-0.25, -0.2) is 0 Å². The summed E-state index contributed by atoms with van der Waals surface area (Å²) in [4.78, 5) is 12.1. The average Bonchev–Trinajstić information content (AvgIpc) is 2.30. The number of hydrogen-bond donors (Lipinski definition) is 0. The van der Waals surface area contributed by atoms with Gasteiger partial charge in [0.1, 0.15) is 5.92 Å². The van der Waals surface area contributed by atoms with Crippen molar-refractivity contribution in [2.45, 2.75) is 32.6 Å². The van der Waals surface area contributed by atoms with Gasteiger partial charge in [0.05, 0.1) is 6.07 Å². The molecule has 0 amide bonds. The first-order chi connectivity index (χ1) is 8.10. The number of Topliss-reactive ketones (excluding diaryl/α,β-unsaturated/α-hetero) is 1. The zero-order valence-corrected chi connectivity index (χ0v) is 11.7. The van der Waals surface area contributed by atoms with Crippen molar-refractivity contribution in [3.63, 3.8) is 0 Å². The second-order valence-electron chi connectivity index (χ2n) is 4.21. The van der Waals surface area contributed by atoms with Gasteiger partial charge in [0.25, 0.3) is 0 Å². The van der Waals surface area contributed by atoms with Crippen LogP contribution < -0.4 is 0 Å².